The number of hydrazone groups is 1. The van der Waals surface area contributed by atoms with Crippen molar-refractivity contribution in [3.8, 4) is 11.5 Å². The van der Waals surface area contributed by atoms with Gasteiger partial charge in [0.2, 0.25) is 5.17 Å². The summed E-state index contributed by atoms with van der Waals surface area (Å²) in [6, 6.07) is 23.7. The van der Waals surface area contributed by atoms with Crippen molar-refractivity contribution in [2.45, 2.75) is 46.0 Å². The first-order valence-electron chi connectivity index (χ1n) is 14.0. The molecular weight excluding hydrogens is 532 g/mol. The van der Waals surface area contributed by atoms with Crippen LogP contribution in [0.25, 0.3) is 6.08 Å². The highest BCUT2D eigenvalue weighted by Crippen LogP contribution is 2.31. The van der Waals surface area contributed by atoms with Gasteiger partial charge >= 0.3 is 0 Å². The molecule has 0 bridgehead atoms. The standard InChI is InChI=1S/C33H34N4O3S/c1-3-4-5-6-8-24-13-17-27(18-14-24)39-19-20-40-28-10-7-9-25(21-28)22-29-30(34)37-33(35-31(29)38)41-32(36-37)26-15-11-23(2)12-16-26/h7,9-18,21-22,34H,3-6,8,19-20H2,1-2H3/b29-22+,34-30?. The highest BCUT2D eigenvalue weighted by Gasteiger charge is 2.36. The smallest absolute Gasteiger partial charge is 0.283 e. The molecule has 3 aromatic rings. The first kappa shape index (κ1) is 28.4. The molecule has 1 amide bonds. The Morgan fingerprint density at radius 2 is 1.68 bits per heavy atom. The number of amides is 1. The van der Waals surface area contributed by atoms with Crippen molar-refractivity contribution in [2.24, 2.45) is 10.1 Å². The molecule has 0 atom stereocenters. The van der Waals surface area contributed by atoms with Gasteiger partial charge in [0.05, 0.1) is 5.57 Å². The molecule has 2 aliphatic heterocycles. The summed E-state index contributed by atoms with van der Waals surface area (Å²) in [5.41, 5.74) is 4.32. The topological polar surface area (TPSA) is 87.3 Å². The van der Waals surface area contributed by atoms with Gasteiger partial charge in [0.15, 0.2) is 5.84 Å². The van der Waals surface area contributed by atoms with E-state index in [0.29, 0.717) is 29.2 Å². The predicted molar refractivity (Wildman–Crippen MR) is 167 cm³/mol. The van der Waals surface area contributed by atoms with Gasteiger partial charge in [-0.3, -0.25) is 10.2 Å². The summed E-state index contributed by atoms with van der Waals surface area (Å²) >= 11 is 1.29. The van der Waals surface area contributed by atoms with E-state index in [0.717, 1.165) is 28.9 Å². The molecular formula is C33H34N4O3S. The number of ether oxygens (including phenoxy) is 2. The number of hydrogen-bond acceptors (Lipinski definition) is 6. The van der Waals surface area contributed by atoms with E-state index in [2.05, 4.69) is 29.2 Å². The van der Waals surface area contributed by atoms with E-state index in [4.69, 9.17) is 14.9 Å². The third kappa shape index (κ3) is 7.32. The second-order valence-corrected chi connectivity index (χ2v) is 11.0. The second-order valence-electron chi connectivity index (χ2n) is 10.0. The fourth-order valence-corrected chi connectivity index (χ4v) is 5.39. The van der Waals surface area contributed by atoms with Gasteiger partial charge in [0.25, 0.3) is 5.91 Å². The lowest BCUT2D eigenvalue weighted by atomic mass is 10.1. The van der Waals surface area contributed by atoms with Crippen molar-refractivity contribution < 1.29 is 14.3 Å². The number of thioether (sulfide) groups is 1. The van der Waals surface area contributed by atoms with Gasteiger partial charge in [-0.25, -0.2) is 0 Å². The normalized spacial score (nSPS) is 15.6. The Morgan fingerprint density at radius 3 is 2.44 bits per heavy atom. The van der Waals surface area contributed by atoms with Gasteiger partial charge in [-0.15, -0.1) is 0 Å². The van der Waals surface area contributed by atoms with E-state index in [1.54, 1.807) is 6.08 Å². The Bertz CT molecular complexity index is 1490. The van der Waals surface area contributed by atoms with Crippen LogP contribution in [-0.2, 0) is 11.2 Å². The van der Waals surface area contributed by atoms with Crippen molar-refractivity contribution in [1.82, 2.24) is 5.01 Å². The van der Waals surface area contributed by atoms with E-state index in [9.17, 15) is 4.79 Å². The van der Waals surface area contributed by atoms with Crippen molar-refractivity contribution in [3.05, 3.63) is 101 Å². The van der Waals surface area contributed by atoms with E-state index in [1.807, 2.05) is 67.6 Å². The summed E-state index contributed by atoms with van der Waals surface area (Å²) in [4.78, 5) is 17.0. The van der Waals surface area contributed by atoms with Gasteiger partial charge in [0.1, 0.15) is 29.8 Å². The molecule has 0 saturated carbocycles. The number of rotatable bonds is 12. The van der Waals surface area contributed by atoms with Crippen LogP contribution in [-0.4, -0.2) is 40.2 Å². The Kier molecular flexibility index (Phi) is 9.31. The Balaban J connectivity index is 1.16. The molecule has 2 aliphatic rings. The summed E-state index contributed by atoms with van der Waals surface area (Å²) in [5.74, 6) is 1.02. The zero-order valence-corrected chi connectivity index (χ0v) is 24.2. The third-order valence-corrected chi connectivity index (χ3v) is 7.74. The number of nitrogens with one attached hydrogen (secondary N) is 1. The van der Waals surface area contributed by atoms with Gasteiger partial charge in [-0.2, -0.15) is 15.1 Å². The first-order chi connectivity index (χ1) is 20.0. The third-order valence-electron chi connectivity index (χ3n) is 6.79. The Hall–Kier alpha value is -4.17. The number of nitrogens with zero attached hydrogens (tertiary/aromatic N) is 3. The van der Waals surface area contributed by atoms with Crippen LogP contribution in [0, 0.1) is 12.3 Å². The molecule has 0 aliphatic carbocycles. The zero-order valence-electron chi connectivity index (χ0n) is 23.4. The van der Waals surface area contributed by atoms with Crippen LogP contribution in [0.15, 0.2) is 88.5 Å². The summed E-state index contributed by atoms with van der Waals surface area (Å²) < 4.78 is 11.7. The molecule has 0 unspecified atom stereocenters. The lowest BCUT2D eigenvalue weighted by molar-refractivity contribution is -0.114. The number of fused-ring (bicyclic) bond motifs is 1. The zero-order chi connectivity index (χ0) is 28.6. The van der Waals surface area contributed by atoms with E-state index < -0.39 is 5.91 Å². The molecule has 41 heavy (non-hydrogen) atoms. The van der Waals surface area contributed by atoms with Crippen LogP contribution in [0.2, 0.25) is 0 Å². The van der Waals surface area contributed by atoms with E-state index in [1.165, 1.54) is 48.0 Å². The molecule has 0 spiro atoms. The molecule has 8 heteroatoms. The van der Waals surface area contributed by atoms with Gasteiger partial charge in [-0.05, 0) is 73.0 Å². The number of carbonyl (C=O) groups is 1. The summed E-state index contributed by atoms with van der Waals surface area (Å²) in [5, 5.41) is 15.7. The molecule has 2 heterocycles. The average Bonchev–Trinajstić information content (AvgIpc) is 3.41. The maximum Gasteiger partial charge on any atom is 0.283 e. The number of amidine groups is 2. The van der Waals surface area contributed by atoms with Crippen LogP contribution < -0.4 is 9.47 Å². The minimum absolute atomic E-state index is 0.00121. The number of aliphatic imine (C=N–C) groups is 1. The van der Waals surface area contributed by atoms with Crippen molar-refractivity contribution >= 4 is 39.8 Å². The molecule has 1 N–H and O–H groups in total. The fourth-order valence-electron chi connectivity index (χ4n) is 4.49. The largest absolute Gasteiger partial charge is 0.490 e. The minimum atomic E-state index is -0.458. The molecule has 5 rings (SSSR count). The van der Waals surface area contributed by atoms with Crippen molar-refractivity contribution in [2.75, 3.05) is 13.2 Å². The van der Waals surface area contributed by atoms with Crippen molar-refractivity contribution in [1.29, 1.82) is 5.41 Å². The average molecular weight is 567 g/mol. The van der Waals surface area contributed by atoms with Gasteiger partial charge in [-0.1, -0.05) is 80.3 Å². The highest BCUT2D eigenvalue weighted by molar-refractivity contribution is 8.27. The number of carbonyl (C=O) groups excluding carboxylic acids is 1. The maximum absolute atomic E-state index is 12.8. The summed E-state index contributed by atoms with van der Waals surface area (Å²) in [7, 11) is 0. The molecule has 0 aromatic heterocycles. The Labute approximate surface area is 245 Å². The minimum Gasteiger partial charge on any atom is -0.490 e. The predicted octanol–water partition coefficient (Wildman–Crippen LogP) is 7.24. The molecule has 0 radical (unpaired) electrons. The number of aryl methyl sites for hydroxylation is 2. The monoisotopic (exact) mass is 566 g/mol. The number of hydrogen-bond donors (Lipinski definition) is 1. The van der Waals surface area contributed by atoms with Gasteiger partial charge < -0.3 is 9.47 Å². The van der Waals surface area contributed by atoms with Gasteiger partial charge in [0, 0.05) is 5.56 Å². The Morgan fingerprint density at radius 1 is 0.927 bits per heavy atom. The van der Waals surface area contributed by atoms with Crippen LogP contribution in [0.4, 0.5) is 0 Å². The van der Waals surface area contributed by atoms with Crippen LogP contribution in [0.1, 0.15) is 54.9 Å². The molecule has 0 fully saturated rings. The van der Waals surface area contributed by atoms with Crippen LogP contribution in [0.5, 0.6) is 11.5 Å². The van der Waals surface area contributed by atoms with Crippen molar-refractivity contribution in [3.63, 3.8) is 0 Å². The first-order valence-corrected chi connectivity index (χ1v) is 14.8. The fraction of sp³-hybridized carbons (Fsp3) is 0.273. The summed E-state index contributed by atoms with van der Waals surface area (Å²) in [6.07, 6.45) is 7.80. The lowest BCUT2D eigenvalue weighted by Gasteiger charge is -2.20. The quantitative estimate of drug-likeness (QED) is 0.184. The second kappa shape index (κ2) is 13.5. The molecule has 7 nitrogen and oxygen atoms in total. The van der Waals surface area contributed by atoms with E-state index >= 15 is 0 Å². The van der Waals surface area contributed by atoms with E-state index in [-0.39, 0.29) is 11.4 Å². The molecule has 3 aromatic carbocycles. The number of benzene rings is 3. The lowest BCUT2D eigenvalue weighted by Crippen LogP contribution is -2.35. The molecule has 210 valence electrons. The maximum atomic E-state index is 12.8. The van der Waals surface area contributed by atoms with Crippen LogP contribution in [0.3, 0.4) is 0 Å². The SMILES string of the molecule is CCCCCCc1ccc(OCCOc2cccc(/C=C3\C(=N)N4N=C(c5ccc(C)cc5)SC4=NC3=O)c2)cc1. The number of unbranched alkanes of at least 4 members (excludes halogenated alkanes) is 3. The summed E-state index contributed by atoms with van der Waals surface area (Å²) in [6.45, 7) is 5.04. The molecule has 0 saturated heterocycles. The van der Waals surface area contributed by atoms with Crippen LogP contribution >= 0.6 is 11.8 Å². The highest BCUT2D eigenvalue weighted by atomic mass is 32.2.